The predicted octanol–water partition coefficient (Wildman–Crippen LogP) is 2.06. The number of rotatable bonds is 6. The van der Waals surface area contributed by atoms with Gasteiger partial charge in [-0.1, -0.05) is 20.8 Å². The van der Waals surface area contributed by atoms with Crippen LogP contribution in [0, 0.1) is 16.7 Å². The van der Waals surface area contributed by atoms with E-state index in [1.54, 1.807) is 6.92 Å². The van der Waals surface area contributed by atoms with Gasteiger partial charge in [-0.2, -0.15) is 0 Å². The molecular formula is C15H27NO4. The molecule has 0 aromatic carbocycles. The average molecular weight is 285 g/mol. The molecule has 116 valence electrons. The van der Waals surface area contributed by atoms with Crippen molar-refractivity contribution < 1.29 is 19.4 Å². The number of aliphatic carboxylic acids is 1. The Kier molecular flexibility index (Phi) is 5.57. The second-order valence-electron chi connectivity index (χ2n) is 6.75. The molecule has 0 saturated carbocycles. The Bertz CT molecular complexity index is 361. The van der Waals surface area contributed by atoms with Crippen molar-refractivity contribution in [2.75, 3.05) is 19.8 Å². The van der Waals surface area contributed by atoms with Gasteiger partial charge >= 0.3 is 5.97 Å². The smallest absolute Gasteiger partial charge is 0.310 e. The SMILES string of the molecule is CC(C)C(C)(CC(=O)NCC1(C)CCOCC1)C(=O)O. The Morgan fingerprint density at radius 1 is 1.35 bits per heavy atom. The molecule has 1 fully saturated rings. The zero-order valence-corrected chi connectivity index (χ0v) is 13.0. The Morgan fingerprint density at radius 2 is 1.90 bits per heavy atom. The molecule has 1 unspecified atom stereocenters. The van der Waals surface area contributed by atoms with Crippen LogP contribution in [0.15, 0.2) is 0 Å². The van der Waals surface area contributed by atoms with Crippen LogP contribution in [0.3, 0.4) is 0 Å². The number of hydrogen-bond acceptors (Lipinski definition) is 3. The predicted molar refractivity (Wildman–Crippen MR) is 76.4 cm³/mol. The quantitative estimate of drug-likeness (QED) is 0.783. The van der Waals surface area contributed by atoms with E-state index < -0.39 is 11.4 Å². The largest absolute Gasteiger partial charge is 0.481 e. The minimum Gasteiger partial charge on any atom is -0.481 e. The molecule has 1 rings (SSSR count). The van der Waals surface area contributed by atoms with Crippen LogP contribution in [0.2, 0.25) is 0 Å². The molecule has 2 N–H and O–H groups in total. The van der Waals surface area contributed by atoms with Crippen molar-refractivity contribution in [3.8, 4) is 0 Å². The van der Waals surface area contributed by atoms with Crippen molar-refractivity contribution >= 4 is 11.9 Å². The van der Waals surface area contributed by atoms with Crippen LogP contribution in [-0.4, -0.2) is 36.7 Å². The molecular weight excluding hydrogens is 258 g/mol. The maximum absolute atomic E-state index is 12.0. The van der Waals surface area contributed by atoms with Gasteiger partial charge < -0.3 is 15.2 Å². The second kappa shape index (κ2) is 6.57. The van der Waals surface area contributed by atoms with Crippen molar-refractivity contribution in [2.45, 2.75) is 47.0 Å². The Hall–Kier alpha value is -1.10. The number of carboxylic acid groups (broad SMARTS) is 1. The summed E-state index contributed by atoms with van der Waals surface area (Å²) < 4.78 is 5.32. The summed E-state index contributed by atoms with van der Waals surface area (Å²) in [5, 5.41) is 12.2. The fourth-order valence-corrected chi connectivity index (χ4v) is 2.28. The number of carboxylic acids is 1. The standard InChI is InChI=1S/C15H27NO4/c1-11(2)15(4,13(18)19)9-12(17)16-10-14(3)5-7-20-8-6-14/h11H,5-10H2,1-4H3,(H,16,17)(H,18,19). The summed E-state index contributed by atoms with van der Waals surface area (Å²) in [5.74, 6) is -1.19. The Morgan fingerprint density at radius 3 is 2.35 bits per heavy atom. The fraction of sp³-hybridized carbons (Fsp3) is 0.867. The van der Waals surface area contributed by atoms with Gasteiger partial charge in [0.2, 0.25) is 5.91 Å². The maximum Gasteiger partial charge on any atom is 0.310 e. The van der Waals surface area contributed by atoms with Gasteiger partial charge in [0.05, 0.1) is 5.41 Å². The summed E-state index contributed by atoms with van der Waals surface area (Å²) in [6, 6.07) is 0. The molecule has 20 heavy (non-hydrogen) atoms. The van der Waals surface area contributed by atoms with Gasteiger partial charge in [-0.3, -0.25) is 9.59 Å². The molecule has 0 aliphatic carbocycles. The van der Waals surface area contributed by atoms with E-state index in [4.69, 9.17) is 4.74 Å². The van der Waals surface area contributed by atoms with Crippen LogP contribution in [0.25, 0.3) is 0 Å². The third-order valence-corrected chi connectivity index (χ3v) is 4.70. The normalized spacial score (nSPS) is 21.2. The molecule has 1 aliphatic rings. The highest BCUT2D eigenvalue weighted by Gasteiger charge is 2.39. The summed E-state index contributed by atoms with van der Waals surface area (Å²) in [4.78, 5) is 23.4. The molecule has 1 saturated heterocycles. The van der Waals surface area contributed by atoms with E-state index in [-0.39, 0.29) is 23.7 Å². The number of hydrogen-bond donors (Lipinski definition) is 2. The second-order valence-corrected chi connectivity index (χ2v) is 6.75. The first-order valence-electron chi connectivity index (χ1n) is 7.27. The first kappa shape index (κ1) is 17.0. The third kappa shape index (κ3) is 4.20. The van der Waals surface area contributed by atoms with Crippen LogP contribution in [0.1, 0.15) is 47.0 Å². The number of nitrogens with one attached hydrogen (secondary N) is 1. The van der Waals surface area contributed by atoms with Crippen molar-refractivity contribution in [3.63, 3.8) is 0 Å². The lowest BCUT2D eigenvalue weighted by molar-refractivity contribution is -0.153. The van der Waals surface area contributed by atoms with Gasteiger partial charge in [0, 0.05) is 26.2 Å². The topological polar surface area (TPSA) is 75.6 Å². The lowest BCUT2D eigenvalue weighted by atomic mass is 9.76. The highest BCUT2D eigenvalue weighted by molar-refractivity contribution is 5.84. The summed E-state index contributed by atoms with van der Waals surface area (Å²) >= 11 is 0. The minimum absolute atomic E-state index is 0.0204. The number of amides is 1. The van der Waals surface area contributed by atoms with E-state index in [1.807, 2.05) is 13.8 Å². The lowest BCUT2D eigenvalue weighted by Crippen LogP contribution is -2.43. The molecule has 5 nitrogen and oxygen atoms in total. The van der Waals surface area contributed by atoms with Crippen molar-refractivity contribution in [1.82, 2.24) is 5.32 Å². The minimum atomic E-state index is -1.01. The monoisotopic (exact) mass is 285 g/mol. The zero-order valence-electron chi connectivity index (χ0n) is 13.0. The molecule has 1 aliphatic heterocycles. The summed E-state index contributed by atoms with van der Waals surface area (Å²) in [6.07, 6.45) is 1.87. The van der Waals surface area contributed by atoms with Crippen LogP contribution >= 0.6 is 0 Å². The molecule has 5 heteroatoms. The Balaban J connectivity index is 2.52. The lowest BCUT2D eigenvalue weighted by Gasteiger charge is -2.34. The number of carbonyl (C=O) groups is 2. The van der Waals surface area contributed by atoms with Crippen molar-refractivity contribution in [3.05, 3.63) is 0 Å². The fourth-order valence-electron chi connectivity index (χ4n) is 2.28. The summed E-state index contributed by atoms with van der Waals surface area (Å²) in [5.41, 5.74) is -0.952. The van der Waals surface area contributed by atoms with Crippen LogP contribution in [0.5, 0.6) is 0 Å². The first-order valence-corrected chi connectivity index (χ1v) is 7.27. The third-order valence-electron chi connectivity index (χ3n) is 4.70. The van der Waals surface area contributed by atoms with E-state index >= 15 is 0 Å². The first-order chi connectivity index (χ1) is 9.19. The van der Waals surface area contributed by atoms with E-state index in [1.165, 1.54) is 0 Å². The molecule has 0 bridgehead atoms. The van der Waals surface area contributed by atoms with Gasteiger partial charge in [0.25, 0.3) is 0 Å². The average Bonchev–Trinajstić information content (AvgIpc) is 2.37. The molecule has 0 spiro atoms. The number of carbonyl (C=O) groups excluding carboxylic acids is 1. The molecule has 1 heterocycles. The zero-order chi connectivity index (χ0) is 15.4. The van der Waals surface area contributed by atoms with Gasteiger partial charge in [-0.15, -0.1) is 0 Å². The van der Waals surface area contributed by atoms with Crippen LogP contribution in [-0.2, 0) is 14.3 Å². The molecule has 0 radical (unpaired) electrons. The Labute approximate surface area is 121 Å². The van der Waals surface area contributed by atoms with Gasteiger partial charge in [0.15, 0.2) is 0 Å². The van der Waals surface area contributed by atoms with Crippen molar-refractivity contribution in [1.29, 1.82) is 0 Å². The summed E-state index contributed by atoms with van der Waals surface area (Å²) in [6.45, 7) is 9.48. The maximum atomic E-state index is 12.0. The van der Waals surface area contributed by atoms with E-state index in [9.17, 15) is 14.7 Å². The molecule has 1 amide bonds. The summed E-state index contributed by atoms with van der Waals surface area (Å²) in [7, 11) is 0. The highest BCUT2D eigenvalue weighted by atomic mass is 16.5. The molecule has 0 aromatic heterocycles. The molecule has 0 aromatic rings. The van der Waals surface area contributed by atoms with E-state index in [2.05, 4.69) is 12.2 Å². The van der Waals surface area contributed by atoms with Gasteiger partial charge in [-0.05, 0) is 31.1 Å². The van der Waals surface area contributed by atoms with Crippen LogP contribution in [0.4, 0.5) is 0 Å². The van der Waals surface area contributed by atoms with E-state index in [0.717, 1.165) is 26.1 Å². The van der Waals surface area contributed by atoms with Crippen molar-refractivity contribution in [2.24, 2.45) is 16.7 Å². The van der Waals surface area contributed by atoms with Crippen LogP contribution < -0.4 is 5.32 Å². The highest BCUT2D eigenvalue weighted by Crippen LogP contribution is 2.32. The van der Waals surface area contributed by atoms with Gasteiger partial charge in [-0.25, -0.2) is 0 Å². The molecule has 1 atom stereocenters. The van der Waals surface area contributed by atoms with Gasteiger partial charge in [0.1, 0.15) is 0 Å². The number of ether oxygens (including phenoxy) is 1. The van der Waals surface area contributed by atoms with E-state index in [0.29, 0.717) is 6.54 Å².